The molecule has 2 heterocycles. The Morgan fingerprint density at radius 1 is 1.28 bits per heavy atom. The molecule has 2 aliphatic rings. The standard InChI is InChI=1S/C20H25N3OS/c24-20(15-7-2-1-3-8-15)21-14-16-13-18(19-11-6-12-25-19)23(22-16)17-9-4-5-10-17/h1-2,6,11-13,15,17H,3-5,7-10,14H2,(H,21,24)/t15-/m1/s1. The lowest BCUT2D eigenvalue weighted by Crippen LogP contribution is -2.30. The van der Waals surface area contributed by atoms with Crippen molar-refractivity contribution >= 4 is 17.2 Å². The molecule has 25 heavy (non-hydrogen) atoms. The van der Waals surface area contributed by atoms with E-state index in [2.05, 4.69) is 45.7 Å². The van der Waals surface area contributed by atoms with Crippen LogP contribution in [0.15, 0.2) is 35.7 Å². The van der Waals surface area contributed by atoms with Crippen LogP contribution >= 0.6 is 11.3 Å². The zero-order chi connectivity index (χ0) is 17.1. The van der Waals surface area contributed by atoms with E-state index in [0.717, 1.165) is 25.0 Å². The van der Waals surface area contributed by atoms with Crippen LogP contribution in [0, 0.1) is 5.92 Å². The average molecular weight is 356 g/mol. The van der Waals surface area contributed by atoms with Gasteiger partial charge in [-0.2, -0.15) is 5.10 Å². The summed E-state index contributed by atoms with van der Waals surface area (Å²) in [4.78, 5) is 13.6. The molecular weight excluding hydrogens is 330 g/mol. The van der Waals surface area contributed by atoms with E-state index in [1.165, 1.54) is 36.3 Å². The lowest BCUT2D eigenvalue weighted by atomic mass is 9.94. The fourth-order valence-electron chi connectivity index (χ4n) is 3.92. The molecule has 0 saturated heterocycles. The Bertz CT molecular complexity index is 741. The molecule has 132 valence electrons. The van der Waals surface area contributed by atoms with Crippen molar-refractivity contribution in [3.05, 3.63) is 41.4 Å². The van der Waals surface area contributed by atoms with E-state index in [-0.39, 0.29) is 11.8 Å². The number of aromatic nitrogens is 2. The summed E-state index contributed by atoms with van der Waals surface area (Å²) < 4.78 is 2.21. The first kappa shape index (κ1) is 16.6. The Balaban J connectivity index is 1.49. The summed E-state index contributed by atoms with van der Waals surface area (Å²) >= 11 is 1.75. The number of allylic oxidation sites excluding steroid dienone is 2. The van der Waals surface area contributed by atoms with Crippen molar-refractivity contribution in [2.45, 2.75) is 57.5 Å². The van der Waals surface area contributed by atoms with Gasteiger partial charge in [-0.3, -0.25) is 9.48 Å². The highest BCUT2D eigenvalue weighted by Crippen LogP contribution is 2.35. The average Bonchev–Trinajstić information content (AvgIpc) is 3.41. The first-order valence-electron chi connectivity index (χ1n) is 9.36. The molecule has 2 aromatic heterocycles. The summed E-state index contributed by atoms with van der Waals surface area (Å²) in [5.74, 6) is 0.288. The van der Waals surface area contributed by atoms with Crippen molar-refractivity contribution in [2.75, 3.05) is 0 Å². The third kappa shape index (κ3) is 3.71. The van der Waals surface area contributed by atoms with Crippen LogP contribution in [0.1, 0.15) is 56.7 Å². The number of nitrogens with zero attached hydrogens (tertiary/aromatic N) is 2. The topological polar surface area (TPSA) is 46.9 Å². The van der Waals surface area contributed by atoms with Crippen molar-refractivity contribution in [2.24, 2.45) is 5.92 Å². The number of hydrogen-bond acceptors (Lipinski definition) is 3. The summed E-state index contributed by atoms with van der Waals surface area (Å²) in [6, 6.07) is 6.91. The van der Waals surface area contributed by atoms with Gasteiger partial charge in [0.15, 0.2) is 0 Å². The van der Waals surface area contributed by atoms with Gasteiger partial charge in [0.2, 0.25) is 5.91 Å². The summed E-state index contributed by atoms with van der Waals surface area (Å²) in [6.07, 6.45) is 12.1. The zero-order valence-corrected chi connectivity index (χ0v) is 15.3. The normalized spacial score (nSPS) is 20.9. The number of amides is 1. The molecule has 0 bridgehead atoms. The summed E-state index contributed by atoms with van der Waals surface area (Å²) in [7, 11) is 0. The van der Waals surface area contributed by atoms with Crippen LogP contribution in [0.3, 0.4) is 0 Å². The van der Waals surface area contributed by atoms with Gasteiger partial charge in [-0.15, -0.1) is 11.3 Å². The van der Waals surface area contributed by atoms with Crippen LogP contribution in [-0.2, 0) is 11.3 Å². The molecule has 1 amide bonds. The molecule has 0 radical (unpaired) electrons. The van der Waals surface area contributed by atoms with Gasteiger partial charge in [-0.05, 0) is 49.6 Å². The maximum atomic E-state index is 12.4. The third-order valence-electron chi connectivity index (χ3n) is 5.31. The number of thiophene rings is 1. The van der Waals surface area contributed by atoms with Gasteiger partial charge in [-0.25, -0.2) is 0 Å². The Morgan fingerprint density at radius 3 is 2.88 bits per heavy atom. The molecule has 2 aliphatic carbocycles. The molecule has 1 saturated carbocycles. The highest BCUT2D eigenvalue weighted by molar-refractivity contribution is 7.13. The molecule has 1 atom stereocenters. The maximum Gasteiger partial charge on any atom is 0.223 e. The second-order valence-corrected chi connectivity index (χ2v) is 8.03. The maximum absolute atomic E-state index is 12.4. The number of carbonyl (C=O) groups excluding carboxylic acids is 1. The van der Waals surface area contributed by atoms with E-state index in [1.807, 2.05) is 0 Å². The Hall–Kier alpha value is -1.88. The molecule has 4 rings (SSSR count). The quantitative estimate of drug-likeness (QED) is 0.790. The van der Waals surface area contributed by atoms with Crippen LogP contribution in [0.4, 0.5) is 0 Å². The van der Waals surface area contributed by atoms with E-state index in [4.69, 9.17) is 5.10 Å². The van der Waals surface area contributed by atoms with Gasteiger partial charge >= 0.3 is 0 Å². The Kier molecular flexibility index (Phi) is 5.02. The molecule has 0 aliphatic heterocycles. The zero-order valence-electron chi connectivity index (χ0n) is 14.5. The second kappa shape index (κ2) is 7.56. The van der Waals surface area contributed by atoms with E-state index in [0.29, 0.717) is 12.6 Å². The van der Waals surface area contributed by atoms with Crippen LogP contribution in [0.25, 0.3) is 10.6 Å². The fraction of sp³-hybridized carbons (Fsp3) is 0.500. The van der Waals surface area contributed by atoms with Gasteiger partial charge in [0.1, 0.15) is 0 Å². The minimum atomic E-state index is 0.124. The highest BCUT2D eigenvalue weighted by atomic mass is 32.1. The van der Waals surface area contributed by atoms with E-state index in [9.17, 15) is 4.79 Å². The number of carbonyl (C=O) groups is 1. The van der Waals surface area contributed by atoms with Crippen molar-refractivity contribution in [1.29, 1.82) is 0 Å². The summed E-state index contributed by atoms with van der Waals surface area (Å²) in [5, 5.41) is 10.1. The molecule has 2 aromatic rings. The van der Waals surface area contributed by atoms with Crippen LogP contribution < -0.4 is 5.32 Å². The van der Waals surface area contributed by atoms with Crippen LogP contribution in [0.2, 0.25) is 0 Å². The van der Waals surface area contributed by atoms with Gasteiger partial charge < -0.3 is 5.32 Å². The number of nitrogens with one attached hydrogen (secondary N) is 1. The van der Waals surface area contributed by atoms with Crippen LogP contribution in [0.5, 0.6) is 0 Å². The Morgan fingerprint density at radius 2 is 2.16 bits per heavy atom. The van der Waals surface area contributed by atoms with E-state index >= 15 is 0 Å². The summed E-state index contributed by atoms with van der Waals surface area (Å²) in [5.41, 5.74) is 2.17. The van der Waals surface area contributed by atoms with Crippen molar-refractivity contribution in [3.8, 4) is 10.6 Å². The molecule has 0 spiro atoms. The minimum absolute atomic E-state index is 0.124. The molecule has 4 nitrogen and oxygen atoms in total. The lowest BCUT2D eigenvalue weighted by Gasteiger charge is -2.16. The van der Waals surface area contributed by atoms with E-state index in [1.54, 1.807) is 11.3 Å². The van der Waals surface area contributed by atoms with Gasteiger partial charge in [0.05, 0.1) is 28.9 Å². The SMILES string of the molecule is O=C(NCc1cc(-c2cccs2)n(C2CCCC2)n1)[C@@H]1CC=CCC1. The largest absolute Gasteiger partial charge is 0.350 e. The summed E-state index contributed by atoms with van der Waals surface area (Å²) in [6.45, 7) is 0.525. The second-order valence-electron chi connectivity index (χ2n) is 7.08. The molecule has 1 fully saturated rings. The molecule has 0 aromatic carbocycles. The van der Waals surface area contributed by atoms with E-state index < -0.39 is 0 Å². The molecule has 0 unspecified atom stereocenters. The lowest BCUT2D eigenvalue weighted by molar-refractivity contribution is -0.125. The molecular formula is C20H25N3OS. The molecule has 5 heteroatoms. The van der Waals surface area contributed by atoms with Crippen molar-refractivity contribution in [1.82, 2.24) is 15.1 Å². The first-order valence-corrected chi connectivity index (χ1v) is 10.2. The predicted molar refractivity (Wildman–Crippen MR) is 101 cm³/mol. The van der Waals surface area contributed by atoms with Gasteiger partial charge in [0.25, 0.3) is 0 Å². The molecule has 1 N–H and O–H groups in total. The van der Waals surface area contributed by atoms with Gasteiger partial charge in [-0.1, -0.05) is 31.1 Å². The van der Waals surface area contributed by atoms with Crippen molar-refractivity contribution in [3.63, 3.8) is 0 Å². The Labute approximate surface area is 152 Å². The highest BCUT2D eigenvalue weighted by Gasteiger charge is 2.23. The van der Waals surface area contributed by atoms with Crippen molar-refractivity contribution < 1.29 is 4.79 Å². The minimum Gasteiger partial charge on any atom is -0.350 e. The smallest absolute Gasteiger partial charge is 0.223 e. The first-order chi connectivity index (χ1) is 12.3. The predicted octanol–water partition coefficient (Wildman–Crippen LogP) is 4.70. The number of rotatable bonds is 5. The third-order valence-corrected chi connectivity index (χ3v) is 6.21. The number of hydrogen-bond donors (Lipinski definition) is 1. The fourth-order valence-corrected chi connectivity index (χ4v) is 4.65. The van der Waals surface area contributed by atoms with Crippen LogP contribution in [-0.4, -0.2) is 15.7 Å². The van der Waals surface area contributed by atoms with Gasteiger partial charge in [0, 0.05) is 5.92 Å². The monoisotopic (exact) mass is 355 g/mol.